The molecule has 2 aliphatic heterocycles. The fourth-order valence-corrected chi connectivity index (χ4v) is 3.03. The molecule has 1 atom stereocenters. The maximum absolute atomic E-state index is 12.3. The van der Waals surface area contributed by atoms with Gasteiger partial charge in [-0.05, 0) is 12.0 Å². The summed E-state index contributed by atoms with van der Waals surface area (Å²) in [5.74, 6) is -1.45. The summed E-state index contributed by atoms with van der Waals surface area (Å²) in [6.07, 6.45) is -0.0232. The largest absolute Gasteiger partial charge is 0.481 e. The first-order valence-corrected chi connectivity index (χ1v) is 6.92. The minimum atomic E-state index is -0.878. The van der Waals surface area contributed by atoms with Crippen molar-refractivity contribution in [2.45, 2.75) is 18.6 Å². The number of aliphatic carboxylic acids is 1. The highest BCUT2D eigenvalue weighted by molar-refractivity contribution is 5.77. The smallest absolute Gasteiger partial charge is 0.410 e. The Labute approximate surface area is 122 Å². The summed E-state index contributed by atoms with van der Waals surface area (Å²) in [4.78, 5) is 25.1. The number of carboxylic acid groups (broad SMARTS) is 1. The first-order chi connectivity index (χ1) is 10.1. The van der Waals surface area contributed by atoms with E-state index in [1.54, 1.807) is 0 Å². The number of rotatable bonds is 3. The summed E-state index contributed by atoms with van der Waals surface area (Å²) in [5.41, 5.74) is 0.179. The molecule has 0 saturated carbocycles. The molecule has 2 saturated heterocycles. The second-order valence-corrected chi connectivity index (χ2v) is 5.47. The minimum Gasteiger partial charge on any atom is -0.481 e. The van der Waals surface area contributed by atoms with Crippen LogP contribution >= 0.6 is 0 Å². The molecular weight excluding hydrogens is 274 g/mol. The minimum absolute atomic E-state index is 0.185. The van der Waals surface area contributed by atoms with E-state index in [9.17, 15) is 14.7 Å². The summed E-state index contributed by atoms with van der Waals surface area (Å²) in [5, 5.41) is 9.29. The summed E-state index contributed by atoms with van der Waals surface area (Å²) in [6, 6.07) is 9.39. The van der Waals surface area contributed by atoms with Crippen LogP contribution in [0.3, 0.4) is 0 Å². The molecule has 0 bridgehead atoms. The van der Waals surface area contributed by atoms with E-state index in [2.05, 4.69) is 0 Å². The third-order valence-electron chi connectivity index (χ3n) is 4.26. The third-order valence-corrected chi connectivity index (χ3v) is 4.26. The van der Waals surface area contributed by atoms with Crippen LogP contribution in [0.5, 0.6) is 0 Å². The average molecular weight is 291 g/mol. The van der Waals surface area contributed by atoms with Crippen LogP contribution in [-0.2, 0) is 20.9 Å². The summed E-state index contributed by atoms with van der Waals surface area (Å²) in [7, 11) is 0. The van der Waals surface area contributed by atoms with Crippen LogP contribution in [0.4, 0.5) is 4.79 Å². The van der Waals surface area contributed by atoms with Crippen LogP contribution < -0.4 is 0 Å². The number of benzene rings is 1. The maximum atomic E-state index is 12.3. The molecule has 0 radical (unpaired) electrons. The fourth-order valence-electron chi connectivity index (χ4n) is 3.03. The number of carbonyl (C=O) groups is 2. The molecular formula is C15H17NO5. The van der Waals surface area contributed by atoms with Crippen molar-refractivity contribution in [2.75, 3.05) is 19.8 Å². The summed E-state index contributed by atoms with van der Waals surface area (Å²) in [6.45, 7) is 1.12. The van der Waals surface area contributed by atoms with Gasteiger partial charge in [-0.15, -0.1) is 0 Å². The molecule has 0 aromatic heterocycles. The SMILES string of the molecule is O=C(O)C1CCN(C(=O)OCc2ccccc2)C12COC2. The van der Waals surface area contributed by atoms with Gasteiger partial charge in [0.15, 0.2) is 0 Å². The molecule has 1 amide bonds. The lowest BCUT2D eigenvalue weighted by atomic mass is 9.83. The number of carbonyl (C=O) groups excluding carboxylic acids is 1. The Morgan fingerprint density at radius 3 is 2.62 bits per heavy atom. The topological polar surface area (TPSA) is 76.1 Å². The number of carboxylic acids is 1. The quantitative estimate of drug-likeness (QED) is 0.913. The number of ether oxygens (including phenoxy) is 2. The number of hydrogen-bond acceptors (Lipinski definition) is 4. The van der Waals surface area contributed by atoms with Crippen molar-refractivity contribution >= 4 is 12.1 Å². The highest BCUT2D eigenvalue weighted by Gasteiger charge is 2.59. The molecule has 2 fully saturated rings. The van der Waals surface area contributed by atoms with E-state index in [1.807, 2.05) is 30.3 Å². The monoisotopic (exact) mass is 291 g/mol. The van der Waals surface area contributed by atoms with Crippen LogP contribution in [0.25, 0.3) is 0 Å². The first-order valence-electron chi connectivity index (χ1n) is 6.92. The first kappa shape index (κ1) is 13.9. The van der Waals surface area contributed by atoms with Crippen molar-refractivity contribution in [2.24, 2.45) is 5.92 Å². The van der Waals surface area contributed by atoms with Gasteiger partial charge < -0.3 is 14.6 Å². The van der Waals surface area contributed by atoms with Crippen LogP contribution in [0.2, 0.25) is 0 Å². The molecule has 1 spiro atoms. The van der Waals surface area contributed by atoms with E-state index in [1.165, 1.54) is 4.90 Å². The highest BCUT2D eigenvalue weighted by Crippen LogP contribution is 2.41. The number of likely N-dealkylation sites (tertiary alicyclic amines) is 1. The van der Waals surface area contributed by atoms with Gasteiger partial charge in [0.1, 0.15) is 12.1 Å². The van der Waals surface area contributed by atoms with Gasteiger partial charge in [0.05, 0.1) is 19.1 Å². The molecule has 2 aliphatic rings. The molecule has 112 valence electrons. The van der Waals surface area contributed by atoms with E-state index in [4.69, 9.17) is 9.47 Å². The Hall–Kier alpha value is -2.08. The third kappa shape index (κ3) is 2.35. The van der Waals surface area contributed by atoms with Crippen molar-refractivity contribution in [1.82, 2.24) is 4.90 Å². The summed E-state index contributed by atoms with van der Waals surface area (Å²) >= 11 is 0. The van der Waals surface area contributed by atoms with E-state index in [0.717, 1.165) is 5.56 Å². The van der Waals surface area contributed by atoms with Gasteiger partial charge in [-0.3, -0.25) is 9.69 Å². The lowest BCUT2D eigenvalue weighted by molar-refractivity contribution is -0.166. The number of nitrogens with zero attached hydrogens (tertiary/aromatic N) is 1. The van der Waals surface area contributed by atoms with Crippen molar-refractivity contribution in [3.63, 3.8) is 0 Å². The van der Waals surface area contributed by atoms with Gasteiger partial charge in [0.25, 0.3) is 0 Å². The number of amides is 1. The van der Waals surface area contributed by atoms with Gasteiger partial charge in [0.2, 0.25) is 0 Å². The van der Waals surface area contributed by atoms with Crippen LogP contribution in [0.1, 0.15) is 12.0 Å². The Kier molecular flexibility index (Phi) is 3.55. The van der Waals surface area contributed by atoms with Crippen molar-refractivity contribution < 1.29 is 24.2 Å². The van der Waals surface area contributed by atoms with Crippen LogP contribution in [0, 0.1) is 5.92 Å². The molecule has 3 rings (SSSR count). The standard InChI is InChI=1S/C15H17NO5/c17-13(18)12-6-7-16(15(12)9-20-10-15)14(19)21-8-11-4-2-1-3-5-11/h1-5,12H,6-10H2,(H,17,18). The molecule has 1 unspecified atom stereocenters. The molecule has 6 nitrogen and oxygen atoms in total. The molecule has 2 heterocycles. The van der Waals surface area contributed by atoms with Gasteiger partial charge >= 0.3 is 12.1 Å². The lowest BCUT2D eigenvalue weighted by Gasteiger charge is -2.46. The van der Waals surface area contributed by atoms with E-state index in [0.29, 0.717) is 13.0 Å². The molecule has 21 heavy (non-hydrogen) atoms. The number of hydrogen-bond donors (Lipinski definition) is 1. The molecule has 1 aromatic rings. The second-order valence-electron chi connectivity index (χ2n) is 5.47. The second kappa shape index (κ2) is 5.37. The predicted molar refractivity (Wildman–Crippen MR) is 72.6 cm³/mol. The summed E-state index contributed by atoms with van der Waals surface area (Å²) < 4.78 is 10.5. The van der Waals surface area contributed by atoms with Gasteiger partial charge in [-0.2, -0.15) is 0 Å². The molecule has 1 N–H and O–H groups in total. The van der Waals surface area contributed by atoms with Crippen LogP contribution in [0.15, 0.2) is 30.3 Å². The lowest BCUT2D eigenvalue weighted by Crippen LogP contribution is -2.65. The Bertz CT molecular complexity index is 540. The zero-order valence-electron chi connectivity index (χ0n) is 11.5. The van der Waals surface area contributed by atoms with E-state index < -0.39 is 23.5 Å². The normalized spacial score (nSPS) is 22.9. The zero-order valence-corrected chi connectivity index (χ0v) is 11.5. The zero-order chi connectivity index (χ0) is 14.9. The Morgan fingerprint density at radius 1 is 1.33 bits per heavy atom. The molecule has 0 aliphatic carbocycles. The molecule has 6 heteroatoms. The van der Waals surface area contributed by atoms with E-state index in [-0.39, 0.29) is 19.8 Å². The Morgan fingerprint density at radius 2 is 2.05 bits per heavy atom. The van der Waals surface area contributed by atoms with Crippen molar-refractivity contribution in [1.29, 1.82) is 0 Å². The van der Waals surface area contributed by atoms with E-state index >= 15 is 0 Å². The van der Waals surface area contributed by atoms with Crippen molar-refractivity contribution in [3.05, 3.63) is 35.9 Å². The Balaban J connectivity index is 1.66. The maximum Gasteiger partial charge on any atom is 0.410 e. The van der Waals surface area contributed by atoms with Crippen molar-refractivity contribution in [3.8, 4) is 0 Å². The van der Waals surface area contributed by atoms with Gasteiger partial charge in [0, 0.05) is 6.54 Å². The van der Waals surface area contributed by atoms with Crippen LogP contribution in [-0.4, -0.2) is 47.4 Å². The van der Waals surface area contributed by atoms with Gasteiger partial charge in [-0.25, -0.2) is 4.79 Å². The fraction of sp³-hybridized carbons (Fsp3) is 0.467. The average Bonchev–Trinajstić information content (AvgIpc) is 2.86. The molecule has 1 aromatic carbocycles. The predicted octanol–water partition coefficient (Wildman–Crippen LogP) is 1.50. The highest BCUT2D eigenvalue weighted by atomic mass is 16.6. The van der Waals surface area contributed by atoms with Gasteiger partial charge in [-0.1, -0.05) is 30.3 Å².